The summed E-state index contributed by atoms with van der Waals surface area (Å²) in [5.74, 6) is -0.955. The second kappa shape index (κ2) is 7.35. The monoisotopic (exact) mass is 425 g/mol. The van der Waals surface area contributed by atoms with Crippen molar-refractivity contribution in [1.29, 1.82) is 0 Å². The summed E-state index contributed by atoms with van der Waals surface area (Å²) >= 11 is 0. The third-order valence-electron chi connectivity index (χ3n) is 5.07. The maximum Gasteiger partial charge on any atom is 0.263 e. The van der Waals surface area contributed by atoms with Crippen LogP contribution in [0.4, 0.5) is 15.8 Å². The third kappa shape index (κ3) is 3.33. The Kier molecular flexibility index (Phi) is 4.50. The molecule has 3 aliphatic heterocycles. The number of halogens is 1. The Morgan fingerprint density at radius 1 is 1.06 bits per heavy atom. The molecular formula is C20H16FN5O5. The van der Waals surface area contributed by atoms with Crippen LogP contribution in [0.3, 0.4) is 0 Å². The van der Waals surface area contributed by atoms with Gasteiger partial charge in [0.2, 0.25) is 5.91 Å². The summed E-state index contributed by atoms with van der Waals surface area (Å²) in [5.41, 5.74) is 0.727. The Morgan fingerprint density at radius 3 is 2.58 bits per heavy atom. The third-order valence-corrected chi connectivity index (χ3v) is 5.07. The fourth-order valence-corrected chi connectivity index (χ4v) is 3.67. The van der Waals surface area contributed by atoms with Gasteiger partial charge < -0.3 is 14.8 Å². The van der Waals surface area contributed by atoms with Crippen molar-refractivity contribution < 1.29 is 28.2 Å². The molecule has 31 heavy (non-hydrogen) atoms. The van der Waals surface area contributed by atoms with Crippen LogP contribution in [0.2, 0.25) is 0 Å². The predicted octanol–water partition coefficient (Wildman–Crippen LogP) is 1.53. The molecule has 2 atom stereocenters. The topological polar surface area (TPSA) is 113 Å². The van der Waals surface area contributed by atoms with E-state index in [9.17, 15) is 18.8 Å². The van der Waals surface area contributed by atoms with Gasteiger partial charge in [-0.05, 0) is 36.4 Å². The Morgan fingerprint density at radius 2 is 1.81 bits per heavy atom. The first kappa shape index (κ1) is 19.0. The summed E-state index contributed by atoms with van der Waals surface area (Å²) in [6, 6.07) is 7.92. The van der Waals surface area contributed by atoms with Gasteiger partial charge in [0.1, 0.15) is 25.6 Å². The van der Waals surface area contributed by atoms with Crippen LogP contribution in [0.15, 0.2) is 52.8 Å². The molecule has 3 heterocycles. The second-order valence-electron chi connectivity index (χ2n) is 7.09. The summed E-state index contributed by atoms with van der Waals surface area (Å²) in [7, 11) is 0. The molecule has 10 nitrogen and oxygen atoms in total. The summed E-state index contributed by atoms with van der Waals surface area (Å²) in [4.78, 5) is 39.0. The van der Waals surface area contributed by atoms with Crippen molar-refractivity contribution in [3.05, 3.63) is 48.3 Å². The van der Waals surface area contributed by atoms with E-state index in [0.29, 0.717) is 30.4 Å². The van der Waals surface area contributed by atoms with E-state index in [0.717, 1.165) is 17.0 Å². The largest absolute Gasteiger partial charge is 0.486 e. The zero-order valence-corrected chi connectivity index (χ0v) is 16.0. The highest BCUT2D eigenvalue weighted by Crippen LogP contribution is 2.33. The normalized spacial score (nSPS) is 21.5. The van der Waals surface area contributed by atoms with E-state index in [2.05, 4.69) is 15.7 Å². The zero-order chi connectivity index (χ0) is 21.5. The molecule has 1 saturated heterocycles. The number of carbonyl (C=O) groups excluding carboxylic acids is 3. The fourth-order valence-electron chi connectivity index (χ4n) is 3.67. The van der Waals surface area contributed by atoms with Gasteiger partial charge in [0.15, 0.2) is 23.6 Å². The van der Waals surface area contributed by atoms with Crippen LogP contribution in [0.1, 0.15) is 0 Å². The van der Waals surface area contributed by atoms with E-state index >= 15 is 0 Å². The molecule has 3 aliphatic rings. The number of fused-ring (bicyclic) bond motifs is 2. The number of ether oxygens (including phenoxy) is 2. The first-order chi connectivity index (χ1) is 15.0. The molecule has 0 unspecified atom stereocenters. The van der Waals surface area contributed by atoms with Crippen molar-refractivity contribution >= 4 is 29.1 Å². The molecule has 3 amide bonds. The summed E-state index contributed by atoms with van der Waals surface area (Å²) in [6.07, 6.45) is 0. The lowest BCUT2D eigenvalue weighted by atomic mass is 10.1. The van der Waals surface area contributed by atoms with Gasteiger partial charge in [-0.15, -0.1) is 0 Å². The Bertz CT molecular complexity index is 1110. The van der Waals surface area contributed by atoms with Crippen molar-refractivity contribution in [3.63, 3.8) is 0 Å². The maximum absolute atomic E-state index is 13.2. The van der Waals surface area contributed by atoms with Crippen LogP contribution in [0.25, 0.3) is 0 Å². The van der Waals surface area contributed by atoms with E-state index < -0.39 is 35.6 Å². The quantitative estimate of drug-likeness (QED) is 0.744. The standard InChI is InChI=1S/C20H16FN5O5/c21-11-1-4-13(5-2-11)26-19(28)17-18(20(26)29)25(24-23-17)10-16(27)22-12-3-6-14-15(9-12)31-8-7-30-14/h1-6,9,17-18H,7-8,10H2,(H,22,27)/t17-,18-/m1/s1. The molecule has 11 heteroatoms. The Labute approximate surface area is 175 Å². The van der Waals surface area contributed by atoms with Gasteiger partial charge in [0.25, 0.3) is 11.8 Å². The molecule has 0 aromatic heterocycles. The summed E-state index contributed by atoms with van der Waals surface area (Å²) in [5, 5.41) is 11.6. The van der Waals surface area contributed by atoms with Crippen molar-refractivity contribution in [2.24, 2.45) is 10.3 Å². The highest BCUT2D eigenvalue weighted by atomic mass is 19.1. The lowest BCUT2D eigenvalue weighted by Gasteiger charge is -2.21. The number of anilines is 2. The van der Waals surface area contributed by atoms with E-state index in [-0.39, 0.29) is 12.2 Å². The Balaban J connectivity index is 1.28. The average molecular weight is 425 g/mol. The Hall–Kier alpha value is -4.02. The number of carbonyl (C=O) groups is 3. The molecule has 0 radical (unpaired) electrons. The van der Waals surface area contributed by atoms with E-state index in [1.54, 1.807) is 18.2 Å². The molecule has 2 aromatic carbocycles. The highest BCUT2D eigenvalue weighted by molar-refractivity contribution is 6.25. The van der Waals surface area contributed by atoms with Crippen molar-refractivity contribution in [1.82, 2.24) is 5.01 Å². The molecule has 158 valence electrons. The molecule has 0 saturated carbocycles. The van der Waals surface area contributed by atoms with Crippen LogP contribution >= 0.6 is 0 Å². The van der Waals surface area contributed by atoms with Crippen molar-refractivity contribution in [3.8, 4) is 11.5 Å². The minimum absolute atomic E-state index is 0.238. The summed E-state index contributed by atoms with van der Waals surface area (Å²) in [6.45, 7) is 0.598. The first-order valence-corrected chi connectivity index (χ1v) is 9.51. The number of rotatable bonds is 4. The molecule has 5 rings (SSSR count). The SMILES string of the molecule is O=C(CN1N=N[C@H]2C(=O)N(c3ccc(F)cc3)C(=O)[C@@H]21)Nc1ccc2c(c1)OCCO2. The number of benzene rings is 2. The van der Waals surface area contributed by atoms with Gasteiger partial charge >= 0.3 is 0 Å². The molecule has 1 N–H and O–H groups in total. The van der Waals surface area contributed by atoms with Crippen LogP contribution in [-0.4, -0.2) is 54.6 Å². The molecule has 0 bridgehead atoms. The smallest absolute Gasteiger partial charge is 0.263 e. The van der Waals surface area contributed by atoms with Crippen molar-refractivity contribution in [2.75, 3.05) is 30.0 Å². The maximum atomic E-state index is 13.2. The minimum atomic E-state index is -1.04. The first-order valence-electron chi connectivity index (χ1n) is 9.51. The number of imide groups is 1. The van der Waals surface area contributed by atoms with Gasteiger partial charge in [-0.1, -0.05) is 5.22 Å². The van der Waals surface area contributed by atoms with E-state index in [1.165, 1.54) is 17.1 Å². The van der Waals surface area contributed by atoms with Crippen LogP contribution in [0, 0.1) is 5.82 Å². The lowest BCUT2D eigenvalue weighted by Crippen LogP contribution is -2.43. The summed E-state index contributed by atoms with van der Waals surface area (Å²) < 4.78 is 24.1. The molecule has 2 aromatic rings. The van der Waals surface area contributed by atoms with Crippen molar-refractivity contribution in [2.45, 2.75) is 12.1 Å². The van der Waals surface area contributed by atoms with Crippen LogP contribution < -0.4 is 19.7 Å². The molecule has 1 fully saturated rings. The van der Waals surface area contributed by atoms with Gasteiger partial charge in [-0.2, -0.15) is 5.11 Å². The fraction of sp³-hybridized carbons (Fsp3) is 0.250. The van der Waals surface area contributed by atoms with E-state index in [4.69, 9.17) is 9.47 Å². The lowest BCUT2D eigenvalue weighted by molar-refractivity contribution is -0.123. The van der Waals surface area contributed by atoms with Crippen LogP contribution in [0.5, 0.6) is 11.5 Å². The van der Waals surface area contributed by atoms with Gasteiger partial charge in [-0.25, -0.2) is 9.29 Å². The number of hydrogen-bond acceptors (Lipinski definition) is 8. The van der Waals surface area contributed by atoms with Crippen LogP contribution in [-0.2, 0) is 14.4 Å². The highest BCUT2D eigenvalue weighted by Gasteiger charge is 2.55. The molecule has 0 aliphatic carbocycles. The number of nitrogens with zero attached hydrogens (tertiary/aromatic N) is 4. The van der Waals surface area contributed by atoms with E-state index in [1.807, 2.05) is 0 Å². The second-order valence-corrected chi connectivity index (χ2v) is 7.09. The molecule has 0 spiro atoms. The molecular weight excluding hydrogens is 409 g/mol. The minimum Gasteiger partial charge on any atom is -0.486 e. The van der Waals surface area contributed by atoms with Gasteiger partial charge in [0, 0.05) is 11.8 Å². The van der Waals surface area contributed by atoms with Gasteiger partial charge in [0.05, 0.1) is 5.69 Å². The predicted molar refractivity (Wildman–Crippen MR) is 104 cm³/mol. The van der Waals surface area contributed by atoms with Gasteiger partial charge in [-0.3, -0.25) is 19.4 Å². The number of hydrogen-bond donors (Lipinski definition) is 1. The number of amides is 3. The average Bonchev–Trinajstić information content (AvgIpc) is 3.28. The number of nitrogens with one attached hydrogen (secondary N) is 1. The zero-order valence-electron chi connectivity index (χ0n) is 16.0.